The van der Waals surface area contributed by atoms with Gasteiger partial charge in [-0.25, -0.2) is 0 Å². The third kappa shape index (κ3) is 2.54. The van der Waals surface area contributed by atoms with Crippen LogP contribution in [0, 0.1) is 5.92 Å². The average molecular weight is 230 g/mol. The Morgan fingerprint density at radius 1 is 1.60 bits per heavy atom. The number of furan rings is 1. The summed E-state index contributed by atoms with van der Waals surface area (Å²) in [5.74, 6) is 1.41. The van der Waals surface area contributed by atoms with Crippen LogP contribution in [-0.2, 0) is 4.74 Å². The lowest BCUT2D eigenvalue weighted by molar-refractivity contribution is 0.173. The molecule has 1 aromatic heterocycles. The molecule has 1 N–H and O–H groups in total. The van der Waals surface area contributed by atoms with E-state index in [9.17, 15) is 0 Å². The van der Waals surface area contributed by atoms with Crippen LogP contribution in [-0.4, -0.2) is 19.8 Å². The molecule has 1 aromatic rings. The van der Waals surface area contributed by atoms with Crippen molar-refractivity contribution in [1.29, 1.82) is 0 Å². The Kier molecular flexibility index (Phi) is 3.67. The molecule has 0 saturated carbocycles. The van der Waals surface area contributed by atoms with Gasteiger partial charge in [0.2, 0.25) is 0 Å². The Bertz CT molecular complexity index is 307. The van der Waals surface area contributed by atoms with Crippen LogP contribution in [0.3, 0.4) is 0 Å². The average Bonchev–Trinajstić information content (AvgIpc) is 2.85. The lowest BCUT2D eigenvalue weighted by atomic mass is 9.97. The van der Waals surface area contributed by atoms with Crippen molar-refractivity contribution in [3.63, 3.8) is 0 Å². The fourth-order valence-corrected chi connectivity index (χ4v) is 2.18. The third-order valence-corrected chi connectivity index (χ3v) is 2.96. The fraction of sp³-hybridized carbons (Fsp3) is 0.636. The lowest BCUT2D eigenvalue weighted by Crippen LogP contribution is -2.28. The number of hydrogen-bond donors (Lipinski definition) is 1. The summed E-state index contributed by atoms with van der Waals surface area (Å²) in [7, 11) is 0. The second kappa shape index (κ2) is 5.01. The molecule has 2 unspecified atom stereocenters. The standard InChI is InChI=1S/C11H16ClNO2/c1-2-13-11(8-5-6-14-7-8)9-3-4-10(12)15-9/h3-4,8,11,13H,2,5-7H2,1H3. The Balaban J connectivity index is 2.11. The minimum Gasteiger partial charge on any atom is -0.448 e. The van der Waals surface area contributed by atoms with E-state index in [4.69, 9.17) is 20.8 Å². The maximum atomic E-state index is 5.79. The Morgan fingerprint density at radius 3 is 3.00 bits per heavy atom. The van der Waals surface area contributed by atoms with E-state index >= 15 is 0 Å². The summed E-state index contributed by atoms with van der Waals surface area (Å²) in [6.07, 6.45) is 1.08. The number of rotatable bonds is 4. The maximum absolute atomic E-state index is 5.79. The predicted molar refractivity (Wildman–Crippen MR) is 59.1 cm³/mol. The van der Waals surface area contributed by atoms with Gasteiger partial charge in [-0.1, -0.05) is 6.92 Å². The van der Waals surface area contributed by atoms with Gasteiger partial charge >= 0.3 is 0 Å². The molecule has 2 atom stereocenters. The van der Waals surface area contributed by atoms with Crippen LogP contribution < -0.4 is 5.32 Å². The number of hydrogen-bond acceptors (Lipinski definition) is 3. The van der Waals surface area contributed by atoms with Crippen LogP contribution in [0.15, 0.2) is 16.5 Å². The van der Waals surface area contributed by atoms with Gasteiger partial charge in [-0.2, -0.15) is 0 Å². The van der Waals surface area contributed by atoms with E-state index in [1.807, 2.05) is 6.07 Å². The van der Waals surface area contributed by atoms with E-state index in [1.165, 1.54) is 0 Å². The van der Waals surface area contributed by atoms with Crippen molar-refractivity contribution in [2.24, 2.45) is 5.92 Å². The smallest absolute Gasteiger partial charge is 0.193 e. The summed E-state index contributed by atoms with van der Waals surface area (Å²) < 4.78 is 10.9. The quantitative estimate of drug-likeness (QED) is 0.862. The van der Waals surface area contributed by atoms with Gasteiger partial charge in [0, 0.05) is 12.5 Å². The van der Waals surface area contributed by atoms with Gasteiger partial charge in [0.15, 0.2) is 5.22 Å². The molecule has 2 heterocycles. The SMILES string of the molecule is CCNC(c1ccc(Cl)o1)C1CCOC1. The molecule has 1 saturated heterocycles. The summed E-state index contributed by atoms with van der Waals surface area (Å²) in [4.78, 5) is 0. The highest BCUT2D eigenvalue weighted by atomic mass is 35.5. The van der Waals surface area contributed by atoms with Crippen molar-refractivity contribution >= 4 is 11.6 Å². The Labute approximate surface area is 94.7 Å². The zero-order valence-electron chi connectivity index (χ0n) is 8.83. The minimum atomic E-state index is 0.227. The number of nitrogens with one attached hydrogen (secondary N) is 1. The summed E-state index contributed by atoms with van der Waals surface area (Å²) in [6, 6.07) is 3.95. The molecule has 15 heavy (non-hydrogen) atoms. The summed E-state index contributed by atoms with van der Waals surface area (Å²) >= 11 is 5.79. The van der Waals surface area contributed by atoms with Crippen LogP contribution in [0.2, 0.25) is 5.22 Å². The summed E-state index contributed by atoms with van der Waals surface area (Å²) in [5.41, 5.74) is 0. The zero-order valence-corrected chi connectivity index (χ0v) is 9.59. The van der Waals surface area contributed by atoms with Crippen molar-refractivity contribution in [1.82, 2.24) is 5.32 Å². The van der Waals surface area contributed by atoms with E-state index in [2.05, 4.69) is 12.2 Å². The topological polar surface area (TPSA) is 34.4 Å². The molecule has 4 heteroatoms. The molecule has 0 spiro atoms. The molecule has 2 rings (SSSR count). The molecule has 1 aliphatic heterocycles. The van der Waals surface area contributed by atoms with Gasteiger partial charge in [-0.05, 0) is 36.7 Å². The van der Waals surface area contributed by atoms with Crippen LogP contribution in [0.1, 0.15) is 25.1 Å². The first-order valence-electron chi connectivity index (χ1n) is 5.37. The molecule has 3 nitrogen and oxygen atoms in total. The number of ether oxygens (including phenoxy) is 1. The van der Waals surface area contributed by atoms with E-state index in [-0.39, 0.29) is 6.04 Å². The summed E-state index contributed by atoms with van der Waals surface area (Å²) in [5, 5.41) is 3.87. The highest BCUT2D eigenvalue weighted by molar-refractivity contribution is 6.28. The van der Waals surface area contributed by atoms with E-state index in [1.54, 1.807) is 6.07 Å². The molecular formula is C11H16ClNO2. The van der Waals surface area contributed by atoms with E-state index < -0.39 is 0 Å². The van der Waals surface area contributed by atoms with Gasteiger partial charge in [0.25, 0.3) is 0 Å². The fourth-order valence-electron chi connectivity index (χ4n) is 2.03. The summed E-state index contributed by atoms with van der Waals surface area (Å²) in [6.45, 7) is 4.66. The largest absolute Gasteiger partial charge is 0.448 e. The lowest BCUT2D eigenvalue weighted by Gasteiger charge is -2.20. The van der Waals surface area contributed by atoms with Crippen molar-refractivity contribution < 1.29 is 9.15 Å². The van der Waals surface area contributed by atoms with Crippen LogP contribution in [0.4, 0.5) is 0 Å². The van der Waals surface area contributed by atoms with Gasteiger partial charge < -0.3 is 14.5 Å². The Morgan fingerprint density at radius 2 is 2.47 bits per heavy atom. The van der Waals surface area contributed by atoms with Crippen LogP contribution in [0.5, 0.6) is 0 Å². The molecule has 0 aliphatic carbocycles. The normalized spacial score (nSPS) is 23.2. The molecule has 0 amide bonds. The molecule has 84 valence electrons. The first-order valence-corrected chi connectivity index (χ1v) is 5.75. The minimum absolute atomic E-state index is 0.227. The first kappa shape index (κ1) is 11.0. The molecule has 1 aliphatic rings. The Hall–Kier alpha value is -0.510. The second-order valence-electron chi connectivity index (χ2n) is 3.80. The highest BCUT2D eigenvalue weighted by Gasteiger charge is 2.28. The van der Waals surface area contributed by atoms with Crippen molar-refractivity contribution in [2.75, 3.05) is 19.8 Å². The van der Waals surface area contributed by atoms with Gasteiger partial charge in [-0.3, -0.25) is 0 Å². The molecule has 0 bridgehead atoms. The van der Waals surface area contributed by atoms with Crippen molar-refractivity contribution in [3.8, 4) is 0 Å². The van der Waals surface area contributed by atoms with Crippen molar-refractivity contribution in [3.05, 3.63) is 23.1 Å². The van der Waals surface area contributed by atoms with Crippen molar-refractivity contribution in [2.45, 2.75) is 19.4 Å². The zero-order chi connectivity index (χ0) is 10.7. The van der Waals surface area contributed by atoms with Gasteiger partial charge in [0.1, 0.15) is 5.76 Å². The van der Waals surface area contributed by atoms with Gasteiger partial charge in [-0.15, -0.1) is 0 Å². The molecule has 0 radical (unpaired) electrons. The van der Waals surface area contributed by atoms with Crippen LogP contribution >= 0.6 is 11.6 Å². The molecule has 0 aromatic carbocycles. The first-order chi connectivity index (χ1) is 7.31. The van der Waals surface area contributed by atoms with E-state index in [0.29, 0.717) is 11.1 Å². The monoisotopic (exact) mass is 229 g/mol. The molecule has 1 fully saturated rings. The predicted octanol–water partition coefficient (Wildman–Crippen LogP) is 2.62. The molecular weight excluding hydrogens is 214 g/mol. The van der Waals surface area contributed by atoms with Crippen LogP contribution in [0.25, 0.3) is 0 Å². The second-order valence-corrected chi connectivity index (χ2v) is 4.17. The highest BCUT2D eigenvalue weighted by Crippen LogP contribution is 2.30. The maximum Gasteiger partial charge on any atom is 0.193 e. The van der Waals surface area contributed by atoms with E-state index in [0.717, 1.165) is 31.9 Å². The third-order valence-electron chi connectivity index (χ3n) is 2.76. The van der Waals surface area contributed by atoms with Gasteiger partial charge in [0.05, 0.1) is 12.6 Å². The number of halogens is 1.